The van der Waals surface area contributed by atoms with Gasteiger partial charge in [-0.3, -0.25) is 4.99 Å². The molecule has 1 heterocycles. The van der Waals surface area contributed by atoms with Crippen molar-refractivity contribution in [2.45, 2.75) is 6.42 Å². The van der Waals surface area contributed by atoms with Gasteiger partial charge in [0.1, 0.15) is 11.3 Å². The van der Waals surface area contributed by atoms with Gasteiger partial charge in [0.2, 0.25) is 0 Å². The summed E-state index contributed by atoms with van der Waals surface area (Å²) in [6.45, 7) is 0.620. The maximum Gasteiger partial charge on any atom is 0.160 e. The van der Waals surface area contributed by atoms with E-state index in [1.54, 1.807) is 14.2 Å². The van der Waals surface area contributed by atoms with E-state index in [2.05, 4.69) is 0 Å². The van der Waals surface area contributed by atoms with Gasteiger partial charge in [0, 0.05) is 28.6 Å². The van der Waals surface area contributed by atoms with Gasteiger partial charge in [-0.15, -0.1) is 0 Å². The van der Waals surface area contributed by atoms with Gasteiger partial charge in [-0.1, -0.05) is 48.0 Å². The highest BCUT2D eigenvalue weighted by Gasteiger charge is 2.07. The molecule has 4 aromatic rings. The first-order valence-electron chi connectivity index (χ1n) is 9.68. The normalized spacial score (nSPS) is 11.6. The fourth-order valence-corrected chi connectivity index (χ4v) is 3.53. The Balaban J connectivity index is 1.70. The van der Waals surface area contributed by atoms with Crippen molar-refractivity contribution in [1.82, 2.24) is 0 Å². The molecule has 0 N–H and O–H groups in total. The smallest absolute Gasteiger partial charge is 0.160 e. The summed E-state index contributed by atoms with van der Waals surface area (Å²) in [5.74, 6) is 2.21. The van der Waals surface area contributed by atoms with E-state index in [0.29, 0.717) is 11.6 Å². The Morgan fingerprint density at radius 3 is 2.43 bits per heavy atom. The molecule has 0 aliphatic heterocycles. The molecular formula is C25H22ClNO3. The lowest BCUT2D eigenvalue weighted by atomic mass is 10.1. The Bertz CT molecular complexity index is 1230. The molecule has 4 rings (SSSR count). The number of halogens is 1. The van der Waals surface area contributed by atoms with Crippen molar-refractivity contribution < 1.29 is 13.9 Å². The molecule has 0 spiro atoms. The molecule has 0 bridgehead atoms. The zero-order valence-corrected chi connectivity index (χ0v) is 17.6. The summed E-state index contributed by atoms with van der Waals surface area (Å²) in [5.41, 5.74) is 2.89. The number of benzene rings is 3. The zero-order chi connectivity index (χ0) is 20.9. The second kappa shape index (κ2) is 9.06. The molecule has 1 aromatic heterocycles. The zero-order valence-electron chi connectivity index (χ0n) is 16.9. The predicted molar refractivity (Wildman–Crippen MR) is 120 cm³/mol. The molecule has 4 nitrogen and oxygen atoms in total. The van der Waals surface area contributed by atoms with Gasteiger partial charge in [0.05, 0.1) is 19.6 Å². The Morgan fingerprint density at radius 1 is 0.867 bits per heavy atom. The van der Waals surface area contributed by atoms with Crippen LogP contribution in [0.25, 0.3) is 22.3 Å². The van der Waals surface area contributed by atoms with Crippen molar-refractivity contribution in [3.8, 4) is 22.8 Å². The van der Waals surface area contributed by atoms with Gasteiger partial charge in [0.25, 0.3) is 0 Å². The summed E-state index contributed by atoms with van der Waals surface area (Å²) in [7, 11) is 3.27. The van der Waals surface area contributed by atoms with Gasteiger partial charge in [-0.05, 0) is 42.3 Å². The molecule has 0 amide bonds. The van der Waals surface area contributed by atoms with Crippen LogP contribution in [0.1, 0.15) is 5.56 Å². The van der Waals surface area contributed by atoms with Crippen LogP contribution in [-0.4, -0.2) is 20.8 Å². The van der Waals surface area contributed by atoms with Gasteiger partial charge >= 0.3 is 0 Å². The molecule has 0 radical (unpaired) electrons. The summed E-state index contributed by atoms with van der Waals surface area (Å²) in [4.78, 5) is 4.86. The van der Waals surface area contributed by atoms with Crippen LogP contribution in [0.15, 0.2) is 82.2 Å². The van der Waals surface area contributed by atoms with Crippen molar-refractivity contribution in [2.75, 3.05) is 20.8 Å². The Labute approximate surface area is 180 Å². The van der Waals surface area contributed by atoms with Gasteiger partial charge < -0.3 is 13.9 Å². The van der Waals surface area contributed by atoms with Crippen LogP contribution in [0.3, 0.4) is 0 Å². The van der Waals surface area contributed by atoms with E-state index in [9.17, 15) is 0 Å². The molecule has 0 unspecified atom stereocenters. The third kappa shape index (κ3) is 4.34. The minimum absolute atomic E-state index is 0.620. The van der Waals surface area contributed by atoms with E-state index in [1.165, 1.54) is 0 Å². The van der Waals surface area contributed by atoms with Crippen molar-refractivity contribution in [3.05, 3.63) is 88.7 Å². The summed E-state index contributed by atoms with van der Waals surface area (Å²) in [5, 5.41) is 2.41. The molecule has 30 heavy (non-hydrogen) atoms. The average Bonchev–Trinajstić information content (AvgIpc) is 2.79. The molecule has 0 saturated heterocycles. The molecule has 3 aromatic carbocycles. The number of hydrogen-bond donors (Lipinski definition) is 0. The topological polar surface area (TPSA) is 44.0 Å². The van der Waals surface area contributed by atoms with Gasteiger partial charge in [-0.2, -0.15) is 0 Å². The highest BCUT2D eigenvalue weighted by molar-refractivity contribution is 6.31. The van der Waals surface area contributed by atoms with Gasteiger partial charge in [0.15, 0.2) is 11.5 Å². The van der Waals surface area contributed by atoms with Crippen LogP contribution in [0, 0.1) is 0 Å². The van der Waals surface area contributed by atoms with Crippen molar-refractivity contribution in [3.63, 3.8) is 0 Å². The van der Waals surface area contributed by atoms with Crippen molar-refractivity contribution in [2.24, 2.45) is 4.99 Å². The first-order chi connectivity index (χ1) is 14.7. The minimum atomic E-state index is 0.620. The van der Waals surface area contributed by atoms with Crippen LogP contribution in [-0.2, 0) is 6.42 Å². The van der Waals surface area contributed by atoms with E-state index < -0.39 is 0 Å². The van der Waals surface area contributed by atoms with Crippen LogP contribution >= 0.6 is 11.6 Å². The maximum atomic E-state index is 6.23. The molecule has 0 saturated carbocycles. The maximum absolute atomic E-state index is 6.23. The highest BCUT2D eigenvalue weighted by Crippen LogP contribution is 2.28. The fourth-order valence-electron chi connectivity index (χ4n) is 3.36. The lowest BCUT2D eigenvalue weighted by Crippen LogP contribution is -2.06. The van der Waals surface area contributed by atoms with Crippen LogP contribution in [0.4, 0.5) is 0 Å². The van der Waals surface area contributed by atoms with Gasteiger partial charge in [-0.25, -0.2) is 0 Å². The molecule has 0 fully saturated rings. The number of rotatable bonds is 6. The Morgan fingerprint density at radius 2 is 1.67 bits per heavy atom. The molecule has 5 heteroatoms. The third-order valence-electron chi connectivity index (χ3n) is 4.89. The fraction of sp³-hybridized carbons (Fsp3) is 0.160. The van der Waals surface area contributed by atoms with Crippen LogP contribution in [0.2, 0.25) is 5.02 Å². The second-order valence-corrected chi connectivity index (χ2v) is 7.26. The summed E-state index contributed by atoms with van der Waals surface area (Å²) in [6, 6.07) is 23.5. The lowest BCUT2D eigenvalue weighted by Gasteiger charge is -2.09. The van der Waals surface area contributed by atoms with Crippen molar-refractivity contribution >= 4 is 22.6 Å². The van der Waals surface area contributed by atoms with Crippen LogP contribution < -0.4 is 14.8 Å². The second-order valence-electron chi connectivity index (χ2n) is 6.82. The summed E-state index contributed by atoms with van der Waals surface area (Å²) >= 11 is 6.23. The standard InChI is InChI=1S/C25H22ClNO3/c1-28-23-10-8-17(14-25(23)29-2)12-13-27-21-16-24(18-6-4-3-5-7-18)30-22-11-9-19(26)15-20(21)22/h3-11,14-16H,12-13H2,1-2H3. The summed E-state index contributed by atoms with van der Waals surface area (Å²) in [6.07, 6.45) is 0.773. The number of nitrogens with zero attached hydrogens (tertiary/aromatic N) is 1. The first-order valence-corrected chi connectivity index (χ1v) is 10.1. The quantitative estimate of drug-likeness (QED) is 0.390. The van der Waals surface area contributed by atoms with E-state index >= 15 is 0 Å². The molecule has 0 aliphatic carbocycles. The lowest BCUT2D eigenvalue weighted by molar-refractivity contribution is 0.354. The largest absolute Gasteiger partial charge is 0.493 e. The molecule has 0 atom stereocenters. The molecular weight excluding hydrogens is 398 g/mol. The van der Waals surface area contributed by atoms with Crippen LogP contribution in [0.5, 0.6) is 11.5 Å². The monoisotopic (exact) mass is 419 g/mol. The number of methoxy groups -OCH3 is 2. The SMILES string of the molecule is COc1ccc(CCN=c2cc(-c3ccccc3)oc3ccc(Cl)cc23)cc1OC. The molecule has 0 aliphatic rings. The molecule has 152 valence electrons. The van der Waals surface area contributed by atoms with E-state index in [1.807, 2.05) is 72.8 Å². The predicted octanol–water partition coefficient (Wildman–Crippen LogP) is 5.91. The van der Waals surface area contributed by atoms with Crippen molar-refractivity contribution in [1.29, 1.82) is 0 Å². The number of hydrogen-bond acceptors (Lipinski definition) is 4. The minimum Gasteiger partial charge on any atom is -0.493 e. The highest BCUT2D eigenvalue weighted by atomic mass is 35.5. The summed E-state index contributed by atoms with van der Waals surface area (Å²) < 4.78 is 16.8. The average molecular weight is 420 g/mol. The Hall–Kier alpha value is -3.24. The van der Waals surface area contributed by atoms with E-state index in [4.69, 9.17) is 30.5 Å². The number of ether oxygens (including phenoxy) is 2. The van der Waals surface area contributed by atoms with E-state index in [0.717, 1.165) is 51.1 Å². The van der Waals surface area contributed by atoms with E-state index in [-0.39, 0.29) is 0 Å². The Kier molecular flexibility index (Phi) is 6.05. The first kappa shape index (κ1) is 20.0. The third-order valence-corrected chi connectivity index (χ3v) is 5.13. The number of fused-ring (bicyclic) bond motifs is 1.